The average Bonchev–Trinajstić information content (AvgIpc) is 2.55. The summed E-state index contributed by atoms with van der Waals surface area (Å²) < 4.78 is 66.5. The normalized spacial score (nSPS) is 11.2. The molecule has 2 aromatic rings. The average molecular weight is 372 g/mol. The van der Waals surface area contributed by atoms with Crippen LogP contribution in [0.3, 0.4) is 0 Å². The van der Waals surface area contributed by atoms with Gasteiger partial charge < -0.3 is 10.2 Å². The first kappa shape index (κ1) is 19.4. The third kappa shape index (κ3) is 4.35. The third-order valence-electron chi connectivity index (χ3n) is 3.41. The molecular formula is C17H13F5N2O2. The van der Waals surface area contributed by atoms with E-state index in [0.29, 0.717) is 4.90 Å². The van der Waals surface area contributed by atoms with E-state index in [1.165, 1.54) is 6.07 Å². The van der Waals surface area contributed by atoms with Crippen LogP contribution >= 0.6 is 0 Å². The Morgan fingerprint density at radius 3 is 2.12 bits per heavy atom. The van der Waals surface area contributed by atoms with Crippen molar-refractivity contribution in [3.63, 3.8) is 0 Å². The number of halogens is 5. The maximum absolute atomic E-state index is 13.6. The van der Waals surface area contributed by atoms with Crippen LogP contribution in [-0.4, -0.2) is 18.4 Å². The van der Waals surface area contributed by atoms with Gasteiger partial charge in [-0.25, -0.2) is 8.78 Å². The molecule has 0 aliphatic carbocycles. The van der Waals surface area contributed by atoms with Crippen molar-refractivity contribution in [2.24, 2.45) is 0 Å². The molecule has 2 amide bonds. The minimum absolute atomic E-state index is 0.531. The highest BCUT2D eigenvalue weighted by atomic mass is 19.4. The molecule has 0 saturated carbocycles. The summed E-state index contributed by atoms with van der Waals surface area (Å²) in [6.45, 7) is 0.125. The molecule has 2 aromatic carbocycles. The van der Waals surface area contributed by atoms with Gasteiger partial charge in [0.15, 0.2) is 0 Å². The van der Waals surface area contributed by atoms with Gasteiger partial charge >= 0.3 is 6.18 Å². The number of hydrogen-bond acceptors (Lipinski definition) is 2. The zero-order chi connectivity index (χ0) is 19.5. The van der Waals surface area contributed by atoms with Crippen LogP contribution < -0.4 is 10.2 Å². The fraction of sp³-hybridized carbons (Fsp3) is 0.176. The molecule has 4 nitrogen and oxygen atoms in total. The summed E-state index contributed by atoms with van der Waals surface area (Å²) in [7, 11) is 0. The lowest BCUT2D eigenvalue weighted by atomic mass is 10.1. The molecule has 1 N–H and O–H groups in total. The minimum atomic E-state index is -4.75. The fourth-order valence-corrected chi connectivity index (χ4v) is 2.25. The Morgan fingerprint density at radius 1 is 1.00 bits per heavy atom. The van der Waals surface area contributed by atoms with Crippen molar-refractivity contribution in [2.45, 2.75) is 13.1 Å². The second-order valence-corrected chi connectivity index (χ2v) is 5.26. The van der Waals surface area contributed by atoms with Gasteiger partial charge in [-0.05, 0) is 24.3 Å². The second-order valence-electron chi connectivity index (χ2n) is 5.26. The van der Waals surface area contributed by atoms with Crippen molar-refractivity contribution >= 4 is 23.2 Å². The highest BCUT2D eigenvalue weighted by molar-refractivity contribution is 6.02. The van der Waals surface area contributed by atoms with Crippen molar-refractivity contribution in [3.05, 3.63) is 59.7 Å². The molecule has 0 spiro atoms. The van der Waals surface area contributed by atoms with Gasteiger partial charge in [-0.2, -0.15) is 13.2 Å². The van der Waals surface area contributed by atoms with Crippen LogP contribution in [0.15, 0.2) is 42.5 Å². The van der Waals surface area contributed by atoms with Crippen LogP contribution in [0.25, 0.3) is 0 Å². The van der Waals surface area contributed by atoms with E-state index >= 15 is 0 Å². The number of nitrogens with zero attached hydrogens (tertiary/aromatic N) is 1. The monoisotopic (exact) mass is 372 g/mol. The molecule has 0 aromatic heterocycles. The molecule has 0 atom stereocenters. The van der Waals surface area contributed by atoms with E-state index in [1.54, 1.807) is 0 Å². The van der Waals surface area contributed by atoms with Crippen molar-refractivity contribution in [1.29, 1.82) is 0 Å². The van der Waals surface area contributed by atoms with Crippen LogP contribution in [0.5, 0.6) is 0 Å². The first-order valence-electron chi connectivity index (χ1n) is 7.29. The quantitative estimate of drug-likeness (QED) is 0.826. The van der Waals surface area contributed by atoms with E-state index in [0.717, 1.165) is 43.3 Å². The molecule has 9 heteroatoms. The van der Waals surface area contributed by atoms with Gasteiger partial charge in [-0.3, -0.25) is 9.59 Å². The molecule has 26 heavy (non-hydrogen) atoms. The van der Waals surface area contributed by atoms with Gasteiger partial charge in [0.1, 0.15) is 23.9 Å². The Hall–Kier alpha value is -2.97. The van der Waals surface area contributed by atoms with Crippen molar-refractivity contribution in [2.75, 3.05) is 16.8 Å². The Morgan fingerprint density at radius 2 is 1.58 bits per heavy atom. The van der Waals surface area contributed by atoms with Crippen molar-refractivity contribution < 1.29 is 31.5 Å². The number of amides is 2. The van der Waals surface area contributed by atoms with E-state index < -0.39 is 53.1 Å². The van der Waals surface area contributed by atoms with Crippen LogP contribution in [0.2, 0.25) is 0 Å². The van der Waals surface area contributed by atoms with Crippen molar-refractivity contribution in [1.82, 2.24) is 0 Å². The largest absolute Gasteiger partial charge is 0.418 e. The second kappa shape index (κ2) is 7.51. The number of hydrogen-bond donors (Lipinski definition) is 1. The van der Waals surface area contributed by atoms with E-state index in [2.05, 4.69) is 0 Å². The molecule has 0 heterocycles. The molecule has 0 unspecified atom stereocenters. The summed E-state index contributed by atoms with van der Waals surface area (Å²) in [4.78, 5) is 24.4. The lowest BCUT2D eigenvalue weighted by molar-refractivity contribution is -0.137. The smallest absolute Gasteiger partial charge is 0.320 e. The Labute approximate surface area is 145 Å². The molecule has 0 aliphatic rings. The van der Waals surface area contributed by atoms with Gasteiger partial charge in [-0.1, -0.05) is 18.2 Å². The summed E-state index contributed by atoms with van der Waals surface area (Å²) in [5.41, 5.74) is -2.39. The molecule has 0 saturated heterocycles. The van der Waals surface area contributed by atoms with Crippen LogP contribution in [-0.2, 0) is 15.8 Å². The van der Waals surface area contributed by atoms with Gasteiger partial charge in [0.05, 0.1) is 11.3 Å². The van der Waals surface area contributed by atoms with E-state index in [4.69, 9.17) is 0 Å². The van der Waals surface area contributed by atoms with Gasteiger partial charge in [0.2, 0.25) is 11.8 Å². The van der Waals surface area contributed by atoms with Gasteiger partial charge in [-0.15, -0.1) is 0 Å². The van der Waals surface area contributed by atoms with Gasteiger partial charge in [0.25, 0.3) is 0 Å². The minimum Gasteiger partial charge on any atom is -0.320 e. The number of anilines is 2. The summed E-state index contributed by atoms with van der Waals surface area (Å²) in [5.74, 6) is -4.00. The van der Waals surface area contributed by atoms with E-state index in [-0.39, 0.29) is 0 Å². The number of rotatable bonds is 4. The van der Waals surface area contributed by atoms with Crippen molar-refractivity contribution in [3.8, 4) is 0 Å². The zero-order valence-electron chi connectivity index (χ0n) is 13.4. The number of nitrogens with one attached hydrogen (secondary N) is 1. The number of alkyl halides is 3. The predicted octanol–water partition coefficient (Wildman–Crippen LogP) is 3.98. The number of carbonyl (C=O) groups excluding carboxylic acids is 2. The Balaban J connectivity index is 2.30. The number of carbonyl (C=O) groups is 2. The number of para-hydroxylation sites is 2. The Kier molecular flexibility index (Phi) is 5.59. The van der Waals surface area contributed by atoms with Crippen LogP contribution in [0.4, 0.5) is 33.3 Å². The highest BCUT2D eigenvalue weighted by Crippen LogP contribution is 2.36. The first-order chi connectivity index (χ1) is 12.1. The molecular weight excluding hydrogens is 359 g/mol. The summed E-state index contributed by atoms with van der Waals surface area (Å²) in [6.07, 6.45) is -4.75. The van der Waals surface area contributed by atoms with E-state index in [1.807, 2.05) is 5.32 Å². The topological polar surface area (TPSA) is 49.4 Å². The summed E-state index contributed by atoms with van der Waals surface area (Å²) >= 11 is 0. The zero-order valence-corrected chi connectivity index (χ0v) is 13.4. The lowest BCUT2D eigenvalue weighted by Crippen LogP contribution is -2.38. The molecule has 0 aliphatic heterocycles. The molecule has 2 rings (SSSR count). The summed E-state index contributed by atoms with van der Waals surface area (Å²) in [5, 5.41) is 1.93. The Bertz CT molecular complexity index is 816. The van der Waals surface area contributed by atoms with Crippen LogP contribution in [0.1, 0.15) is 12.5 Å². The first-order valence-corrected chi connectivity index (χ1v) is 7.29. The standard InChI is InChI=1S/C17H13F5N2O2/c1-10(25)24(14-8-3-2-5-11(14)17(20,21)22)9-15(26)23-16-12(18)6-4-7-13(16)19/h2-8H,9H2,1H3,(H,23,26). The lowest BCUT2D eigenvalue weighted by Gasteiger charge is -2.24. The van der Waals surface area contributed by atoms with Crippen LogP contribution in [0, 0.1) is 11.6 Å². The third-order valence-corrected chi connectivity index (χ3v) is 3.41. The highest BCUT2D eigenvalue weighted by Gasteiger charge is 2.35. The SMILES string of the molecule is CC(=O)N(CC(=O)Nc1c(F)cccc1F)c1ccccc1C(F)(F)F. The molecule has 0 bridgehead atoms. The number of benzene rings is 2. The van der Waals surface area contributed by atoms with E-state index in [9.17, 15) is 31.5 Å². The summed E-state index contributed by atoms with van der Waals surface area (Å²) in [6, 6.07) is 7.10. The van der Waals surface area contributed by atoms with Gasteiger partial charge in [0, 0.05) is 6.92 Å². The maximum Gasteiger partial charge on any atom is 0.418 e. The molecule has 0 fully saturated rings. The fourth-order valence-electron chi connectivity index (χ4n) is 2.25. The maximum atomic E-state index is 13.6. The predicted molar refractivity (Wildman–Crippen MR) is 84.5 cm³/mol. The molecule has 0 radical (unpaired) electrons. The molecule has 138 valence electrons.